The minimum atomic E-state index is -0.892. The summed E-state index contributed by atoms with van der Waals surface area (Å²) in [6, 6.07) is 9.58. The average molecular weight is 350 g/mol. The van der Waals surface area contributed by atoms with Crippen LogP contribution in [0.5, 0.6) is 0 Å². The second-order valence-electron chi connectivity index (χ2n) is 6.45. The van der Waals surface area contributed by atoms with Crippen LogP contribution < -0.4 is 0 Å². The number of aryl methyl sites for hydroxylation is 1. The molecule has 0 aliphatic carbocycles. The molecule has 4 nitrogen and oxygen atoms in total. The first-order valence-corrected chi connectivity index (χ1v) is 9.01. The molecule has 4 rings (SSSR count). The summed E-state index contributed by atoms with van der Waals surface area (Å²) in [7, 11) is 2.01. The van der Waals surface area contributed by atoms with Gasteiger partial charge in [0.25, 0.3) is 0 Å². The van der Waals surface area contributed by atoms with E-state index in [-0.39, 0.29) is 0 Å². The van der Waals surface area contributed by atoms with Crippen LogP contribution in [0.2, 0.25) is 0 Å². The first-order valence-electron chi connectivity index (χ1n) is 8.13. The summed E-state index contributed by atoms with van der Waals surface area (Å²) < 4.78 is 0. The second-order valence-corrected chi connectivity index (χ2v) is 7.39. The molecule has 0 unspecified atom stereocenters. The maximum Gasteiger partial charge on any atom is 0.336 e. The Balaban J connectivity index is 2.02. The molecule has 0 saturated carbocycles. The Kier molecular flexibility index (Phi) is 3.90. The maximum absolute atomic E-state index is 12.0. The Morgan fingerprint density at radius 2 is 2.08 bits per heavy atom. The van der Waals surface area contributed by atoms with E-state index in [1.807, 2.05) is 31.3 Å². The summed E-state index contributed by atoms with van der Waals surface area (Å²) in [4.78, 5) is 20.2. The fraction of sp³-hybridized carbons (Fsp3) is 0.200. The molecule has 3 aromatic rings. The molecule has 1 aliphatic rings. The van der Waals surface area contributed by atoms with Crippen molar-refractivity contribution in [2.75, 3.05) is 13.6 Å². The smallest absolute Gasteiger partial charge is 0.336 e. The summed E-state index contributed by atoms with van der Waals surface area (Å²) in [5.41, 5.74) is 5.04. The normalized spacial score (nSPS) is 16.3. The van der Waals surface area contributed by atoms with Crippen LogP contribution in [-0.2, 0) is 6.54 Å². The van der Waals surface area contributed by atoms with Gasteiger partial charge in [0.2, 0.25) is 0 Å². The summed E-state index contributed by atoms with van der Waals surface area (Å²) in [6.45, 7) is 3.44. The molecule has 1 aliphatic heterocycles. The van der Waals surface area contributed by atoms with E-state index in [0.717, 1.165) is 28.9 Å². The standard InChI is InChI=1S/C20H18N2O2S/c1-12-7-8-25-17(12)9-13-10-22(2)11-15-18(20(23)24)14-5-3-4-6-16(14)21-19(13)15/h3-9H,10-11H2,1-2H3,(H,23,24)/b13-9-. The highest BCUT2D eigenvalue weighted by Gasteiger charge is 2.27. The number of aromatic nitrogens is 1. The zero-order valence-corrected chi connectivity index (χ0v) is 14.9. The molecule has 0 atom stereocenters. The highest BCUT2D eigenvalue weighted by molar-refractivity contribution is 7.11. The van der Waals surface area contributed by atoms with Crippen LogP contribution in [-0.4, -0.2) is 34.6 Å². The molecule has 0 bridgehead atoms. The van der Waals surface area contributed by atoms with Crippen molar-refractivity contribution in [3.8, 4) is 0 Å². The third-order valence-electron chi connectivity index (χ3n) is 4.59. The number of fused-ring (bicyclic) bond motifs is 2. The van der Waals surface area contributed by atoms with E-state index >= 15 is 0 Å². The van der Waals surface area contributed by atoms with Crippen LogP contribution in [0.25, 0.3) is 22.6 Å². The van der Waals surface area contributed by atoms with Gasteiger partial charge in [-0.2, -0.15) is 0 Å². The fourth-order valence-electron chi connectivity index (χ4n) is 3.41. The van der Waals surface area contributed by atoms with Gasteiger partial charge in [-0.05, 0) is 48.7 Å². The number of benzene rings is 1. The summed E-state index contributed by atoms with van der Waals surface area (Å²) in [5, 5.41) is 12.6. The highest BCUT2D eigenvalue weighted by atomic mass is 32.1. The molecule has 0 saturated heterocycles. The van der Waals surface area contributed by atoms with Crippen LogP contribution in [0, 0.1) is 6.92 Å². The number of nitrogens with zero attached hydrogens (tertiary/aromatic N) is 2. The van der Waals surface area contributed by atoms with E-state index in [2.05, 4.69) is 29.3 Å². The van der Waals surface area contributed by atoms with Crippen LogP contribution in [0.1, 0.15) is 32.1 Å². The Morgan fingerprint density at radius 1 is 1.28 bits per heavy atom. The lowest BCUT2D eigenvalue weighted by Gasteiger charge is -2.28. The highest BCUT2D eigenvalue weighted by Crippen LogP contribution is 2.34. The molecule has 3 heterocycles. The average Bonchev–Trinajstić information content (AvgIpc) is 2.97. The lowest BCUT2D eigenvalue weighted by Crippen LogP contribution is -2.28. The van der Waals surface area contributed by atoms with E-state index in [4.69, 9.17) is 4.98 Å². The third kappa shape index (κ3) is 2.75. The monoisotopic (exact) mass is 350 g/mol. The molecule has 0 radical (unpaired) electrons. The molecular weight excluding hydrogens is 332 g/mol. The zero-order chi connectivity index (χ0) is 17.6. The van der Waals surface area contributed by atoms with Gasteiger partial charge in [0.05, 0.1) is 16.8 Å². The Hall–Kier alpha value is -2.50. The van der Waals surface area contributed by atoms with Gasteiger partial charge in [0.15, 0.2) is 0 Å². The lowest BCUT2D eigenvalue weighted by atomic mass is 9.93. The largest absolute Gasteiger partial charge is 0.478 e. The second kappa shape index (κ2) is 6.10. The van der Waals surface area contributed by atoms with E-state index < -0.39 is 5.97 Å². The van der Waals surface area contributed by atoms with Crippen LogP contribution in [0.4, 0.5) is 0 Å². The van der Waals surface area contributed by atoms with Crippen LogP contribution >= 0.6 is 11.3 Å². The van der Waals surface area contributed by atoms with Crippen molar-refractivity contribution in [3.05, 3.63) is 63.0 Å². The number of carbonyl (C=O) groups is 1. The molecule has 5 heteroatoms. The number of carboxylic acids is 1. The summed E-state index contributed by atoms with van der Waals surface area (Å²) in [6.07, 6.45) is 2.15. The molecule has 0 spiro atoms. The molecule has 126 valence electrons. The number of hydrogen-bond donors (Lipinski definition) is 1. The number of carboxylic acid groups (broad SMARTS) is 1. The topological polar surface area (TPSA) is 53.4 Å². The van der Waals surface area contributed by atoms with E-state index in [1.54, 1.807) is 11.3 Å². The van der Waals surface area contributed by atoms with Gasteiger partial charge in [0.1, 0.15) is 0 Å². The van der Waals surface area contributed by atoms with Crippen molar-refractivity contribution in [1.82, 2.24) is 9.88 Å². The number of hydrogen-bond acceptors (Lipinski definition) is 4. The van der Waals surface area contributed by atoms with E-state index in [9.17, 15) is 9.90 Å². The van der Waals surface area contributed by atoms with Gasteiger partial charge >= 0.3 is 5.97 Å². The fourth-order valence-corrected chi connectivity index (χ4v) is 4.29. The van der Waals surface area contributed by atoms with Crippen LogP contribution in [0.3, 0.4) is 0 Å². The number of pyridine rings is 1. The molecule has 2 aromatic heterocycles. The van der Waals surface area contributed by atoms with Gasteiger partial charge in [-0.3, -0.25) is 4.90 Å². The number of para-hydroxylation sites is 1. The van der Waals surface area contributed by atoms with Crippen molar-refractivity contribution >= 4 is 39.9 Å². The van der Waals surface area contributed by atoms with Crippen molar-refractivity contribution in [1.29, 1.82) is 0 Å². The van der Waals surface area contributed by atoms with E-state index in [0.29, 0.717) is 17.5 Å². The third-order valence-corrected chi connectivity index (χ3v) is 5.55. The Morgan fingerprint density at radius 3 is 2.80 bits per heavy atom. The molecule has 0 fully saturated rings. The van der Waals surface area contributed by atoms with E-state index in [1.165, 1.54) is 10.4 Å². The lowest BCUT2D eigenvalue weighted by molar-refractivity contribution is 0.0696. The number of aromatic carboxylic acids is 1. The minimum Gasteiger partial charge on any atom is -0.478 e. The maximum atomic E-state index is 12.0. The van der Waals surface area contributed by atoms with Crippen molar-refractivity contribution in [2.24, 2.45) is 0 Å². The number of rotatable bonds is 2. The van der Waals surface area contributed by atoms with Crippen LogP contribution in [0.15, 0.2) is 35.7 Å². The van der Waals surface area contributed by atoms with Crippen molar-refractivity contribution in [2.45, 2.75) is 13.5 Å². The first kappa shape index (κ1) is 16.0. The number of thiophene rings is 1. The quantitative estimate of drug-likeness (QED) is 0.749. The summed E-state index contributed by atoms with van der Waals surface area (Å²) >= 11 is 1.69. The van der Waals surface area contributed by atoms with Crippen molar-refractivity contribution < 1.29 is 9.90 Å². The SMILES string of the molecule is Cc1ccsc1/C=C1/CN(C)Cc2c1nc1ccccc1c2C(=O)O. The Labute approximate surface area is 150 Å². The van der Waals surface area contributed by atoms with Crippen molar-refractivity contribution in [3.63, 3.8) is 0 Å². The molecule has 1 aromatic carbocycles. The van der Waals surface area contributed by atoms with Gasteiger partial charge in [0, 0.05) is 28.9 Å². The molecule has 1 N–H and O–H groups in total. The molecule has 0 amide bonds. The molecular formula is C20H18N2O2S. The molecule has 25 heavy (non-hydrogen) atoms. The van der Waals surface area contributed by atoms with Gasteiger partial charge < -0.3 is 5.11 Å². The predicted molar refractivity (Wildman–Crippen MR) is 102 cm³/mol. The summed E-state index contributed by atoms with van der Waals surface area (Å²) in [5.74, 6) is -0.892. The minimum absolute atomic E-state index is 0.376. The predicted octanol–water partition coefficient (Wildman–Crippen LogP) is 4.29. The zero-order valence-electron chi connectivity index (χ0n) is 14.1. The van der Waals surface area contributed by atoms with Gasteiger partial charge in [-0.1, -0.05) is 18.2 Å². The van der Waals surface area contributed by atoms with Gasteiger partial charge in [-0.15, -0.1) is 11.3 Å². The Bertz CT molecular complexity index is 1020. The number of likely N-dealkylation sites (N-methyl/N-ethyl adjacent to an activating group) is 1. The first-order chi connectivity index (χ1) is 12.0. The van der Waals surface area contributed by atoms with Gasteiger partial charge in [-0.25, -0.2) is 9.78 Å².